The van der Waals surface area contributed by atoms with E-state index in [9.17, 15) is 14.0 Å². The Hall–Kier alpha value is -2.37. The number of carbonyl (C=O) groups is 2. The first-order valence-electron chi connectivity index (χ1n) is 7.76. The zero-order valence-corrected chi connectivity index (χ0v) is 12.5. The van der Waals surface area contributed by atoms with Crippen LogP contribution in [-0.2, 0) is 9.53 Å². The molecule has 23 heavy (non-hydrogen) atoms. The molecule has 4 rings (SSSR count). The van der Waals surface area contributed by atoms with Crippen molar-refractivity contribution in [2.75, 3.05) is 13.2 Å². The fraction of sp³-hybridized carbons (Fsp3) is 0.412. The van der Waals surface area contributed by atoms with Crippen LogP contribution in [-0.4, -0.2) is 36.0 Å². The fourth-order valence-electron chi connectivity index (χ4n) is 3.11. The fourth-order valence-corrected chi connectivity index (χ4v) is 3.11. The summed E-state index contributed by atoms with van der Waals surface area (Å²) in [5.74, 6) is -0.888. The number of halogens is 1. The lowest BCUT2D eigenvalue weighted by atomic mass is 10.1. The van der Waals surface area contributed by atoms with Gasteiger partial charge in [0, 0.05) is 30.3 Å². The van der Waals surface area contributed by atoms with Crippen molar-refractivity contribution in [2.24, 2.45) is 5.92 Å². The zero-order valence-electron chi connectivity index (χ0n) is 12.5. The Labute approximate surface area is 132 Å². The molecule has 1 saturated heterocycles. The smallest absolute Gasteiger partial charge is 0.342 e. The molecule has 2 heterocycles. The molecule has 2 fully saturated rings. The predicted molar refractivity (Wildman–Crippen MR) is 79.3 cm³/mol. The van der Waals surface area contributed by atoms with Gasteiger partial charge >= 0.3 is 5.97 Å². The summed E-state index contributed by atoms with van der Waals surface area (Å²) in [5.41, 5.74) is 0.262. The summed E-state index contributed by atoms with van der Waals surface area (Å²) in [6.45, 7) is 0.841. The van der Waals surface area contributed by atoms with E-state index in [1.54, 1.807) is 6.07 Å². The van der Waals surface area contributed by atoms with Crippen LogP contribution < -0.4 is 0 Å². The van der Waals surface area contributed by atoms with Gasteiger partial charge in [-0.05, 0) is 18.9 Å². The van der Waals surface area contributed by atoms with Crippen LogP contribution in [0.25, 0.3) is 11.0 Å². The molecular weight excluding hydrogens is 301 g/mol. The Morgan fingerprint density at radius 1 is 1.39 bits per heavy atom. The van der Waals surface area contributed by atoms with E-state index in [0.29, 0.717) is 24.4 Å². The normalized spacial score (nSPS) is 21.2. The summed E-state index contributed by atoms with van der Waals surface area (Å²) in [6.07, 6.45) is 3.78. The van der Waals surface area contributed by atoms with Crippen LogP contribution in [0.1, 0.15) is 29.6 Å². The van der Waals surface area contributed by atoms with Crippen molar-refractivity contribution in [3.63, 3.8) is 0 Å². The molecule has 0 N–H and O–H groups in total. The Kier molecular flexibility index (Phi) is 3.32. The average Bonchev–Trinajstić information content (AvgIpc) is 3.16. The maximum absolute atomic E-state index is 13.6. The minimum atomic E-state index is -0.549. The van der Waals surface area contributed by atoms with Crippen LogP contribution in [0.5, 0.6) is 0 Å². The minimum Gasteiger partial charge on any atom is -0.462 e. The second-order valence-electron chi connectivity index (χ2n) is 6.21. The topological polar surface area (TPSA) is 59.8 Å². The van der Waals surface area contributed by atoms with Crippen LogP contribution in [0, 0.1) is 11.7 Å². The lowest BCUT2D eigenvalue weighted by molar-refractivity contribution is -0.128. The van der Waals surface area contributed by atoms with Gasteiger partial charge in [0.15, 0.2) is 11.4 Å². The van der Waals surface area contributed by atoms with E-state index in [1.807, 2.05) is 4.90 Å². The van der Waals surface area contributed by atoms with Gasteiger partial charge in [-0.25, -0.2) is 9.18 Å². The number of hydrogen-bond donors (Lipinski definition) is 0. The van der Waals surface area contributed by atoms with Crippen molar-refractivity contribution in [3.8, 4) is 0 Å². The number of amides is 1. The van der Waals surface area contributed by atoms with E-state index >= 15 is 0 Å². The third-order valence-corrected chi connectivity index (χ3v) is 4.45. The highest BCUT2D eigenvalue weighted by Crippen LogP contribution is 2.33. The molecule has 6 heteroatoms. The number of benzene rings is 1. The molecule has 1 aliphatic carbocycles. The lowest BCUT2D eigenvalue weighted by Gasteiger charge is -2.15. The summed E-state index contributed by atoms with van der Waals surface area (Å²) in [5, 5.41) is 0.400. The highest BCUT2D eigenvalue weighted by molar-refractivity contribution is 6.03. The SMILES string of the molecule is O=C(OCC1CC(=O)N(C2CC2)C1)c1coc2c(F)cccc12. The van der Waals surface area contributed by atoms with Crippen molar-refractivity contribution >= 4 is 22.8 Å². The van der Waals surface area contributed by atoms with E-state index in [4.69, 9.17) is 9.15 Å². The van der Waals surface area contributed by atoms with Crippen molar-refractivity contribution in [2.45, 2.75) is 25.3 Å². The number of likely N-dealkylation sites (tertiary alicyclic amines) is 1. The average molecular weight is 317 g/mol. The quantitative estimate of drug-likeness (QED) is 0.814. The molecular formula is C17H16FNO4. The van der Waals surface area contributed by atoms with Gasteiger partial charge in [0.25, 0.3) is 0 Å². The van der Waals surface area contributed by atoms with Crippen LogP contribution in [0.4, 0.5) is 4.39 Å². The van der Waals surface area contributed by atoms with E-state index in [0.717, 1.165) is 12.8 Å². The number of esters is 1. The standard InChI is InChI=1S/C17H16FNO4/c18-14-3-1-2-12-13(9-22-16(12)14)17(21)23-8-10-6-15(20)19(7-10)11-4-5-11/h1-3,9-11H,4-8H2. The Balaban J connectivity index is 1.42. The van der Waals surface area contributed by atoms with Gasteiger partial charge in [-0.2, -0.15) is 0 Å². The summed E-state index contributed by atoms with van der Waals surface area (Å²) >= 11 is 0. The largest absolute Gasteiger partial charge is 0.462 e. The van der Waals surface area contributed by atoms with Crippen molar-refractivity contribution in [3.05, 3.63) is 35.8 Å². The number of para-hydroxylation sites is 1. The number of nitrogens with zero attached hydrogens (tertiary/aromatic N) is 1. The zero-order chi connectivity index (χ0) is 16.0. The van der Waals surface area contributed by atoms with Gasteiger partial charge in [0.2, 0.25) is 5.91 Å². The molecule has 1 saturated carbocycles. The summed E-state index contributed by atoms with van der Waals surface area (Å²) < 4.78 is 24.0. The van der Waals surface area contributed by atoms with Gasteiger partial charge in [-0.1, -0.05) is 12.1 Å². The molecule has 1 amide bonds. The van der Waals surface area contributed by atoms with Gasteiger partial charge in [-0.15, -0.1) is 0 Å². The van der Waals surface area contributed by atoms with Crippen LogP contribution in [0.15, 0.2) is 28.9 Å². The van der Waals surface area contributed by atoms with E-state index in [-0.39, 0.29) is 29.6 Å². The minimum absolute atomic E-state index is 0.0296. The van der Waals surface area contributed by atoms with Gasteiger partial charge in [0.05, 0.1) is 6.61 Å². The molecule has 1 unspecified atom stereocenters. The van der Waals surface area contributed by atoms with Gasteiger partial charge in [-0.3, -0.25) is 4.79 Å². The second-order valence-corrected chi connectivity index (χ2v) is 6.21. The van der Waals surface area contributed by atoms with E-state index in [1.165, 1.54) is 18.4 Å². The highest BCUT2D eigenvalue weighted by atomic mass is 19.1. The van der Waals surface area contributed by atoms with Crippen molar-refractivity contribution in [1.29, 1.82) is 0 Å². The van der Waals surface area contributed by atoms with Crippen LogP contribution in [0.2, 0.25) is 0 Å². The van der Waals surface area contributed by atoms with Crippen LogP contribution >= 0.6 is 0 Å². The Morgan fingerprint density at radius 2 is 2.22 bits per heavy atom. The molecule has 1 aromatic heterocycles. The molecule has 5 nitrogen and oxygen atoms in total. The Bertz CT molecular complexity index is 780. The molecule has 2 aliphatic rings. The number of fused-ring (bicyclic) bond motifs is 1. The lowest BCUT2D eigenvalue weighted by Crippen LogP contribution is -2.27. The maximum atomic E-state index is 13.6. The summed E-state index contributed by atoms with van der Waals surface area (Å²) in [4.78, 5) is 26.0. The predicted octanol–water partition coefficient (Wildman–Crippen LogP) is 2.74. The highest BCUT2D eigenvalue weighted by Gasteiger charge is 2.39. The maximum Gasteiger partial charge on any atom is 0.342 e. The van der Waals surface area contributed by atoms with Gasteiger partial charge < -0.3 is 14.1 Å². The first-order chi connectivity index (χ1) is 11.1. The number of ether oxygens (including phenoxy) is 1. The van der Waals surface area contributed by atoms with Crippen molar-refractivity contribution in [1.82, 2.24) is 4.90 Å². The summed E-state index contributed by atoms with van der Waals surface area (Å²) in [6, 6.07) is 4.81. The second kappa shape index (κ2) is 5.37. The molecule has 0 bridgehead atoms. The van der Waals surface area contributed by atoms with Crippen molar-refractivity contribution < 1.29 is 23.1 Å². The molecule has 120 valence electrons. The van der Waals surface area contributed by atoms with Crippen LogP contribution in [0.3, 0.4) is 0 Å². The molecule has 1 atom stereocenters. The number of carbonyl (C=O) groups excluding carboxylic acids is 2. The van der Waals surface area contributed by atoms with E-state index < -0.39 is 11.8 Å². The van der Waals surface area contributed by atoms with Gasteiger partial charge in [0.1, 0.15) is 11.8 Å². The summed E-state index contributed by atoms with van der Waals surface area (Å²) in [7, 11) is 0. The monoisotopic (exact) mass is 317 g/mol. The Morgan fingerprint density at radius 3 is 3.00 bits per heavy atom. The molecule has 1 aliphatic heterocycles. The third kappa shape index (κ3) is 2.58. The third-order valence-electron chi connectivity index (χ3n) is 4.45. The number of furan rings is 1. The molecule has 2 aromatic rings. The molecule has 1 aromatic carbocycles. The number of rotatable bonds is 4. The molecule has 0 radical (unpaired) electrons. The molecule has 0 spiro atoms. The first-order valence-corrected chi connectivity index (χ1v) is 7.76. The first kappa shape index (κ1) is 14.2. The van der Waals surface area contributed by atoms with E-state index in [2.05, 4.69) is 0 Å². The number of hydrogen-bond acceptors (Lipinski definition) is 4.